The Labute approximate surface area is 112 Å². The lowest BCUT2D eigenvalue weighted by Crippen LogP contribution is -2.25. The smallest absolute Gasteiger partial charge is 0.193 e. The van der Waals surface area contributed by atoms with E-state index in [0.717, 1.165) is 11.7 Å². The Kier molecular flexibility index (Phi) is 3.76. The zero-order chi connectivity index (χ0) is 12.2. The third-order valence-corrected chi connectivity index (χ3v) is 4.31. The van der Waals surface area contributed by atoms with Gasteiger partial charge in [0.05, 0.1) is 0 Å². The highest BCUT2D eigenvalue weighted by Crippen LogP contribution is 2.18. The van der Waals surface area contributed by atoms with E-state index in [0.29, 0.717) is 0 Å². The molecule has 0 aromatic carbocycles. The predicted molar refractivity (Wildman–Crippen MR) is 75.2 cm³/mol. The highest BCUT2D eigenvalue weighted by molar-refractivity contribution is 7.12. The van der Waals surface area contributed by atoms with E-state index in [9.17, 15) is 0 Å². The van der Waals surface area contributed by atoms with Gasteiger partial charge in [-0.05, 0) is 38.1 Å². The lowest BCUT2D eigenvalue weighted by Gasteiger charge is -2.20. The number of hydrogen-bond acceptors (Lipinski definition) is 3. The topological polar surface area (TPSA) is 21.1 Å². The SMILES string of the molecule is c1cc(CN2CCCCCC2)n(-c2nccs2)c1. The standard InChI is InChI=1S/C14H19N3S/c1-2-4-9-16(8-3-1)12-13-6-5-10-17(13)14-15-7-11-18-14/h5-7,10-11H,1-4,8-9,12H2. The first-order chi connectivity index (χ1) is 8.93. The van der Waals surface area contributed by atoms with Crippen LogP contribution in [0.4, 0.5) is 0 Å². The molecule has 0 amide bonds. The van der Waals surface area contributed by atoms with Crippen molar-refractivity contribution in [2.24, 2.45) is 0 Å². The van der Waals surface area contributed by atoms with E-state index in [4.69, 9.17) is 0 Å². The molecule has 0 saturated carbocycles. The van der Waals surface area contributed by atoms with Gasteiger partial charge in [-0.15, -0.1) is 11.3 Å². The van der Waals surface area contributed by atoms with Gasteiger partial charge in [-0.3, -0.25) is 9.47 Å². The maximum absolute atomic E-state index is 4.39. The number of nitrogens with zero attached hydrogens (tertiary/aromatic N) is 3. The molecule has 2 aromatic heterocycles. The van der Waals surface area contributed by atoms with Crippen LogP contribution in [0.1, 0.15) is 31.4 Å². The third kappa shape index (κ3) is 2.65. The molecule has 18 heavy (non-hydrogen) atoms. The molecule has 4 heteroatoms. The van der Waals surface area contributed by atoms with Crippen molar-refractivity contribution in [1.82, 2.24) is 14.5 Å². The fourth-order valence-corrected chi connectivity index (χ4v) is 3.25. The van der Waals surface area contributed by atoms with E-state index >= 15 is 0 Å². The van der Waals surface area contributed by atoms with Gasteiger partial charge in [-0.2, -0.15) is 0 Å². The summed E-state index contributed by atoms with van der Waals surface area (Å²) in [5.41, 5.74) is 1.35. The van der Waals surface area contributed by atoms with Crippen LogP contribution >= 0.6 is 11.3 Å². The van der Waals surface area contributed by atoms with E-state index in [1.54, 1.807) is 11.3 Å². The number of thiazole rings is 1. The Morgan fingerprint density at radius 1 is 1.17 bits per heavy atom. The predicted octanol–water partition coefficient (Wildman–Crippen LogP) is 3.31. The summed E-state index contributed by atoms with van der Waals surface area (Å²) >= 11 is 1.69. The van der Waals surface area contributed by atoms with Gasteiger partial charge in [0.1, 0.15) is 0 Å². The van der Waals surface area contributed by atoms with Crippen LogP contribution < -0.4 is 0 Å². The van der Waals surface area contributed by atoms with Gasteiger partial charge in [0, 0.05) is 30.0 Å². The quantitative estimate of drug-likeness (QED) is 0.845. The first-order valence-electron chi connectivity index (χ1n) is 6.72. The highest BCUT2D eigenvalue weighted by atomic mass is 32.1. The fraction of sp³-hybridized carbons (Fsp3) is 0.500. The second kappa shape index (κ2) is 5.67. The van der Waals surface area contributed by atoms with Gasteiger partial charge in [0.2, 0.25) is 0 Å². The molecule has 0 N–H and O–H groups in total. The van der Waals surface area contributed by atoms with Gasteiger partial charge in [-0.1, -0.05) is 12.8 Å². The lowest BCUT2D eigenvalue weighted by atomic mass is 10.2. The maximum atomic E-state index is 4.39. The van der Waals surface area contributed by atoms with Crippen LogP contribution in [0.15, 0.2) is 29.9 Å². The molecule has 2 aromatic rings. The number of hydrogen-bond donors (Lipinski definition) is 0. The summed E-state index contributed by atoms with van der Waals surface area (Å²) in [6, 6.07) is 4.33. The van der Waals surface area contributed by atoms with E-state index in [-0.39, 0.29) is 0 Å². The van der Waals surface area contributed by atoms with Crippen LogP contribution in [0.25, 0.3) is 5.13 Å². The zero-order valence-corrected chi connectivity index (χ0v) is 11.4. The maximum Gasteiger partial charge on any atom is 0.193 e. The van der Waals surface area contributed by atoms with Gasteiger partial charge < -0.3 is 0 Å². The molecule has 96 valence electrons. The van der Waals surface area contributed by atoms with Crippen LogP contribution in [0.2, 0.25) is 0 Å². The van der Waals surface area contributed by atoms with Crippen molar-refractivity contribution in [2.45, 2.75) is 32.2 Å². The monoisotopic (exact) mass is 261 g/mol. The molecule has 1 saturated heterocycles. The molecule has 0 atom stereocenters. The summed E-state index contributed by atoms with van der Waals surface area (Å²) in [5.74, 6) is 0. The Morgan fingerprint density at radius 2 is 2.00 bits per heavy atom. The van der Waals surface area contributed by atoms with E-state index in [2.05, 4.69) is 32.8 Å². The van der Waals surface area contributed by atoms with Gasteiger partial charge >= 0.3 is 0 Å². The molecule has 1 aliphatic heterocycles. The van der Waals surface area contributed by atoms with Crippen LogP contribution in [-0.2, 0) is 6.54 Å². The Morgan fingerprint density at radius 3 is 2.72 bits per heavy atom. The van der Waals surface area contributed by atoms with Crippen molar-refractivity contribution in [3.8, 4) is 5.13 Å². The molecule has 3 nitrogen and oxygen atoms in total. The second-order valence-electron chi connectivity index (χ2n) is 4.87. The van der Waals surface area contributed by atoms with Crippen LogP contribution in [-0.4, -0.2) is 27.5 Å². The minimum Gasteiger partial charge on any atom is -0.298 e. The molecular formula is C14H19N3S. The third-order valence-electron chi connectivity index (χ3n) is 3.54. The number of aromatic nitrogens is 2. The van der Waals surface area contributed by atoms with Crippen molar-refractivity contribution in [3.05, 3.63) is 35.6 Å². The molecular weight excluding hydrogens is 242 g/mol. The van der Waals surface area contributed by atoms with Gasteiger partial charge in [-0.25, -0.2) is 4.98 Å². The van der Waals surface area contributed by atoms with Crippen molar-refractivity contribution >= 4 is 11.3 Å². The first kappa shape index (κ1) is 11.9. The van der Waals surface area contributed by atoms with Gasteiger partial charge in [0.15, 0.2) is 5.13 Å². The average molecular weight is 261 g/mol. The minimum absolute atomic E-state index is 1.05. The highest BCUT2D eigenvalue weighted by Gasteiger charge is 2.12. The molecule has 0 unspecified atom stereocenters. The van der Waals surface area contributed by atoms with Crippen molar-refractivity contribution in [3.63, 3.8) is 0 Å². The Balaban J connectivity index is 1.74. The summed E-state index contributed by atoms with van der Waals surface area (Å²) in [6.07, 6.45) is 9.46. The normalized spacial score (nSPS) is 17.8. The van der Waals surface area contributed by atoms with Crippen LogP contribution in [0, 0.1) is 0 Å². The van der Waals surface area contributed by atoms with Crippen molar-refractivity contribution in [1.29, 1.82) is 0 Å². The molecule has 1 aliphatic rings. The van der Waals surface area contributed by atoms with Crippen molar-refractivity contribution < 1.29 is 0 Å². The van der Waals surface area contributed by atoms with Crippen LogP contribution in [0.5, 0.6) is 0 Å². The average Bonchev–Trinajstić information content (AvgIpc) is 2.97. The minimum atomic E-state index is 1.05. The summed E-state index contributed by atoms with van der Waals surface area (Å²) < 4.78 is 2.22. The van der Waals surface area contributed by atoms with E-state index in [1.807, 2.05) is 11.6 Å². The summed E-state index contributed by atoms with van der Waals surface area (Å²) in [6.45, 7) is 3.53. The summed E-state index contributed by atoms with van der Waals surface area (Å²) in [7, 11) is 0. The van der Waals surface area contributed by atoms with Crippen LogP contribution in [0.3, 0.4) is 0 Å². The lowest BCUT2D eigenvalue weighted by molar-refractivity contribution is 0.272. The Hall–Kier alpha value is -1.13. The molecule has 0 radical (unpaired) electrons. The molecule has 0 aliphatic carbocycles. The van der Waals surface area contributed by atoms with E-state index in [1.165, 1.54) is 44.5 Å². The number of likely N-dealkylation sites (tertiary alicyclic amines) is 1. The second-order valence-corrected chi connectivity index (χ2v) is 5.75. The molecule has 3 heterocycles. The fourth-order valence-electron chi connectivity index (χ4n) is 2.59. The molecule has 1 fully saturated rings. The van der Waals surface area contributed by atoms with E-state index < -0.39 is 0 Å². The summed E-state index contributed by atoms with van der Waals surface area (Å²) in [4.78, 5) is 6.97. The zero-order valence-electron chi connectivity index (χ0n) is 10.6. The van der Waals surface area contributed by atoms with Gasteiger partial charge in [0.25, 0.3) is 0 Å². The Bertz CT molecular complexity index is 467. The molecule has 0 bridgehead atoms. The summed E-state index contributed by atoms with van der Waals surface area (Å²) in [5, 5.41) is 3.11. The van der Waals surface area contributed by atoms with Crippen molar-refractivity contribution in [2.75, 3.05) is 13.1 Å². The number of rotatable bonds is 3. The molecule has 3 rings (SSSR count). The first-order valence-corrected chi connectivity index (χ1v) is 7.60. The molecule has 0 spiro atoms. The largest absolute Gasteiger partial charge is 0.298 e.